The van der Waals surface area contributed by atoms with Crippen LogP contribution in [0.15, 0.2) is 4.99 Å². The zero-order valence-electron chi connectivity index (χ0n) is 16.7. The third-order valence-electron chi connectivity index (χ3n) is 5.37. The lowest BCUT2D eigenvalue weighted by Crippen LogP contribution is -2.53. The van der Waals surface area contributed by atoms with Crippen molar-refractivity contribution in [2.45, 2.75) is 58.0 Å². The van der Waals surface area contributed by atoms with Crippen molar-refractivity contribution in [3.63, 3.8) is 0 Å². The summed E-state index contributed by atoms with van der Waals surface area (Å²) in [7, 11) is 1.74. The van der Waals surface area contributed by atoms with Crippen LogP contribution in [0.2, 0.25) is 0 Å². The first-order valence-electron chi connectivity index (χ1n) is 10.2. The topological polar surface area (TPSA) is 78.0 Å². The van der Waals surface area contributed by atoms with E-state index in [0.29, 0.717) is 24.0 Å². The number of amides is 1. The number of aliphatic imine (C=N–C) groups is 1. The zero-order chi connectivity index (χ0) is 18.8. The summed E-state index contributed by atoms with van der Waals surface area (Å²) in [5, 5.41) is 9.65. The molecule has 150 valence electrons. The number of morpholine rings is 1. The second kappa shape index (κ2) is 11.4. The summed E-state index contributed by atoms with van der Waals surface area (Å²) in [5.74, 6) is 1.27. The van der Waals surface area contributed by atoms with Gasteiger partial charge >= 0.3 is 0 Å². The molecule has 0 aromatic heterocycles. The summed E-state index contributed by atoms with van der Waals surface area (Å²) in [6, 6.07) is 0.771. The molecule has 1 aliphatic carbocycles. The Labute approximate surface area is 158 Å². The van der Waals surface area contributed by atoms with Gasteiger partial charge in [0.05, 0.1) is 19.8 Å². The van der Waals surface area contributed by atoms with Crippen molar-refractivity contribution >= 4 is 11.9 Å². The molecule has 0 aromatic rings. The second-order valence-electron chi connectivity index (χ2n) is 7.67. The quantitative estimate of drug-likeness (QED) is 0.461. The highest BCUT2D eigenvalue weighted by Crippen LogP contribution is 2.17. The van der Waals surface area contributed by atoms with Gasteiger partial charge in [-0.05, 0) is 18.8 Å². The van der Waals surface area contributed by atoms with Gasteiger partial charge in [0.15, 0.2) is 5.96 Å². The molecule has 0 aromatic carbocycles. The van der Waals surface area contributed by atoms with Crippen molar-refractivity contribution in [3.8, 4) is 0 Å². The van der Waals surface area contributed by atoms with Crippen molar-refractivity contribution < 1.29 is 9.53 Å². The SMILES string of the molecule is CN=C(NCC(=O)NC1CCCCC1)NCC(C(C)C)N1CCOCC1. The van der Waals surface area contributed by atoms with Gasteiger partial charge in [-0.2, -0.15) is 0 Å². The highest BCUT2D eigenvalue weighted by molar-refractivity contribution is 5.86. The summed E-state index contributed by atoms with van der Waals surface area (Å²) in [4.78, 5) is 18.9. The molecule has 2 aliphatic rings. The molecule has 1 unspecified atom stereocenters. The molecule has 26 heavy (non-hydrogen) atoms. The van der Waals surface area contributed by atoms with Gasteiger partial charge in [0, 0.05) is 38.8 Å². The molecule has 0 radical (unpaired) electrons. The van der Waals surface area contributed by atoms with Crippen molar-refractivity contribution in [2.75, 3.05) is 46.4 Å². The minimum Gasteiger partial charge on any atom is -0.379 e. The van der Waals surface area contributed by atoms with Crippen molar-refractivity contribution in [2.24, 2.45) is 10.9 Å². The highest BCUT2D eigenvalue weighted by Gasteiger charge is 2.24. The maximum atomic E-state index is 12.1. The summed E-state index contributed by atoms with van der Waals surface area (Å²) in [6.45, 7) is 9.11. The number of hydrogen-bond acceptors (Lipinski definition) is 4. The van der Waals surface area contributed by atoms with Gasteiger partial charge in [-0.1, -0.05) is 33.1 Å². The van der Waals surface area contributed by atoms with E-state index in [1.54, 1.807) is 7.05 Å². The highest BCUT2D eigenvalue weighted by atomic mass is 16.5. The number of hydrogen-bond donors (Lipinski definition) is 3. The first-order valence-corrected chi connectivity index (χ1v) is 10.2. The van der Waals surface area contributed by atoms with Crippen LogP contribution in [0, 0.1) is 5.92 Å². The number of carbonyl (C=O) groups is 1. The Morgan fingerprint density at radius 3 is 2.46 bits per heavy atom. The second-order valence-corrected chi connectivity index (χ2v) is 7.67. The lowest BCUT2D eigenvalue weighted by Gasteiger charge is -2.37. The third kappa shape index (κ3) is 7.11. The molecule has 1 saturated carbocycles. The van der Waals surface area contributed by atoms with E-state index in [2.05, 4.69) is 39.7 Å². The average molecular weight is 368 g/mol. The first kappa shape index (κ1) is 21.0. The first-order chi connectivity index (χ1) is 12.6. The fraction of sp³-hybridized carbons (Fsp3) is 0.895. The molecule has 1 amide bonds. The van der Waals surface area contributed by atoms with E-state index in [9.17, 15) is 4.79 Å². The van der Waals surface area contributed by atoms with E-state index in [-0.39, 0.29) is 12.5 Å². The maximum Gasteiger partial charge on any atom is 0.239 e. The van der Waals surface area contributed by atoms with E-state index in [0.717, 1.165) is 45.7 Å². The van der Waals surface area contributed by atoms with Gasteiger partial charge in [0.1, 0.15) is 0 Å². The Morgan fingerprint density at radius 1 is 1.15 bits per heavy atom. The molecular weight excluding hydrogens is 330 g/mol. The largest absolute Gasteiger partial charge is 0.379 e. The van der Waals surface area contributed by atoms with Crippen LogP contribution in [0.3, 0.4) is 0 Å². The van der Waals surface area contributed by atoms with Gasteiger partial charge in [-0.25, -0.2) is 0 Å². The standard InChI is InChI=1S/C19H37N5O2/c1-15(2)17(24-9-11-26-12-10-24)13-21-19(20-3)22-14-18(25)23-16-7-5-4-6-8-16/h15-17H,4-14H2,1-3H3,(H,23,25)(H2,20,21,22). The van der Waals surface area contributed by atoms with E-state index in [4.69, 9.17) is 4.74 Å². The Kier molecular flexibility index (Phi) is 9.18. The van der Waals surface area contributed by atoms with Gasteiger partial charge in [-0.15, -0.1) is 0 Å². The molecule has 0 bridgehead atoms. The van der Waals surface area contributed by atoms with E-state index < -0.39 is 0 Å². The maximum absolute atomic E-state index is 12.1. The molecule has 7 nitrogen and oxygen atoms in total. The van der Waals surface area contributed by atoms with E-state index in [1.165, 1.54) is 19.3 Å². The van der Waals surface area contributed by atoms with E-state index >= 15 is 0 Å². The number of guanidine groups is 1. The third-order valence-corrected chi connectivity index (χ3v) is 5.37. The number of rotatable bonds is 7. The number of nitrogens with zero attached hydrogens (tertiary/aromatic N) is 2. The van der Waals surface area contributed by atoms with Crippen LogP contribution in [0.25, 0.3) is 0 Å². The summed E-state index contributed by atoms with van der Waals surface area (Å²) >= 11 is 0. The molecule has 1 heterocycles. The Bertz CT molecular complexity index is 443. The molecular formula is C19H37N5O2. The number of nitrogens with one attached hydrogen (secondary N) is 3. The Hall–Kier alpha value is -1.34. The lowest BCUT2D eigenvalue weighted by atomic mass is 9.95. The molecule has 3 N–H and O–H groups in total. The van der Waals surface area contributed by atoms with Crippen LogP contribution >= 0.6 is 0 Å². The minimum absolute atomic E-state index is 0.0495. The fourth-order valence-corrected chi connectivity index (χ4v) is 3.81. The lowest BCUT2D eigenvalue weighted by molar-refractivity contribution is -0.120. The van der Waals surface area contributed by atoms with Crippen LogP contribution in [0.4, 0.5) is 0 Å². The van der Waals surface area contributed by atoms with Crippen molar-refractivity contribution in [1.29, 1.82) is 0 Å². The Morgan fingerprint density at radius 2 is 1.85 bits per heavy atom. The van der Waals surface area contributed by atoms with Crippen LogP contribution in [0.1, 0.15) is 46.0 Å². The Balaban J connectivity index is 1.72. The van der Waals surface area contributed by atoms with Gasteiger partial charge in [0.25, 0.3) is 0 Å². The molecule has 1 saturated heterocycles. The predicted molar refractivity (Wildman–Crippen MR) is 105 cm³/mol. The normalized spacial score (nSPS) is 21.5. The molecule has 7 heteroatoms. The van der Waals surface area contributed by atoms with Gasteiger partial charge < -0.3 is 20.7 Å². The smallest absolute Gasteiger partial charge is 0.239 e. The fourth-order valence-electron chi connectivity index (χ4n) is 3.81. The van der Waals surface area contributed by atoms with Crippen LogP contribution < -0.4 is 16.0 Å². The minimum atomic E-state index is 0.0495. The molecule has 2 rings (SSSR count). The van der Waals surface area contributed by atoms with Crippen LogP contribution in [-0.4, -0.2) is 75.3 Å². The van der Waals surface area contributed by atoms with Crippen LogP contribution in [-0.2, 0) is 9.53 Å². The van der Waals surface area contributed by atoms with Crippen molar-refractivity contribution in [3.05, 3.63) is 0 Å². The van der Waals surface area contributed by atoms with Gasteiger partial charge in [-0.3, -0.25) is 14.7 Å². The van der Waals surface area contributed by atoms with Crippen molar-refractivity contribution in [1.82, 2.24) is 20.9 Å². The van der Waals surface area contributed by atoms with Crippen LogP contribution in [0.5, 0.6) is 0 Å². The molecule has 1 atom stereocenters. The molecule has 0 spiro atoms. The van der Waals surface area contributed by atoms with Gasteiger partial charge in [0.2, 0.25) is 5.91 Å². The summed E-state index contributed by atoms with van der Waals surface area (Å²) < 4.78 is 5.46. The average Bonchev–Trinajstić information content (AvgIpc) is 2.66. The predicted octanol–water partition coefficient (Wildman–Crippen LogP) is 0.957. The van der Waals surface area contributed by atoms with E-state index in [1.807, 2.05) is 0 Å². The molecule has 1 aliphatic heterocycles. The number of carbonyl (C=O) groups excluding carboxylic acids is 1. The summed E-state index contributed by atoms with van der Waals surface area (Å²) in [5.41, 5.74) is 0. The molecule has 2 fully saturated rings. The zero-order valence-corrected chi connectivity index (χ0v) is 16.7. The number of ether oxygens (including phenoxy) is 1. The monoisotopic (exact) mass is 367 g/mol. The summed E-state index contributed by atoms with van der Waals surface area (Å²) in [6.07, 6.45) is 5.95.